The van der Waals surface area contributed by atoms with E-state index >= 15 is 0 Å². The Morgan fingerprint density at radius 2 is 1.36 bits per heavy atom. The predicted molar refractivity (Wildman–Crippen MR) is 227 cm³/mol. The van der Waals surface area contributed by atoms with Gasteiger partial charge in [-0.15, -0.1) is 0 Å². The summed E-state index contributed by atoms with van der Waals surface area (Å²) < 4.78 is 2.12. The highest BCUT2D eigenvalue weighted by Gasteiger charge is 2.45. The molecular weight excluding hydrogens is 741 g/mol. The van der Waals surface area contributed by atoms with E-state index in [2.05, 4.69) is 90.6 Å². The SMILES string of the molecule is CC1(C)C(/C=C/C2=C(N(c3ccccc3)c3ccccc3)C(=C/C=C3/N(CCC(=O)O)c4ccc(Cl)cc4C3(C)C)/CC2)=[N+](CCC(=O)O)c2ccc(Cl)cc21. The van der Waals surface area contributed by atoms with Gasteiger partial charge < -0.3 is 20.0 Å². The standard InChI is InChI=1S/C47H45Cl2N3O4/c1-46(2)37-29-33(48)19-21-39(37)50(27-25-43(53)54)41(46)23-17-31-15-16-32(45(31)52(35-11-7-5-8-12-35)36-13-9-6-10-14-36)18-24-42-47(3,4)38-30-34(49)20-22-40(38)51(42)28-26-44(55)56/h5-14,17-24,29-30H,15-16,25-28H2,1-4H3,(H-,53,54,55,56)/p+1. The van der Waals surface area contributed by atoms with E-state index in [-0.39, 0.29) is 12.8 Å². The fourth-order valence-corrected chi connectivity index (χ4v) is 8.78. The van der Waals surface area contributed by atoms with Crippen molar-refractivity contribution in [3.8, 4) is 0 Å². The Balaban J connectivity index is 1.40. The first-order chi connectivity index (χ1) is 26.8. The second-order valence-electron chi connectivity index (χ2n) is 15.5. The number of aliphatic carboxylic acids is 2. The highest BCUT2D eigenvalue weighted by atomic mass is 35.5. The molecule has 4 aromatic rings. The average molecular weight is 788 g/mol. The average Bonchev–Trinajstić information content (AvgIpc) is 3.72. The molecule has 0 radical (unpaired) electrons. The summed E-state index contributed by atoms with van der Waals surface area (Å²) in [6.45, 7) is 9.31. The van der Waals surface area contributed by atoms with E-state index in [0.717, 1.165) is 75.0 Å². The first kappa shape index (κ1) is 38.9. The molecule has 0 saturated heterocycles. The molecule has 0 unspecified atom stereocenters. The molecule has 0 aromatic heterocycles. The normalized spacial score (nSPS) is 18.4. The van der Waals surface area contributed by atoms with Gasteiger partial charge in [0.1, 0.15) is 6.42 Å². The van der Waals surface area contributed by atoms with Crippen LogP contribution in [-0.4, -0.2) is 45.5 Å². The summed E-state index contributed by atoms with van der Waals surface area (Å²) in [7, 11) is 0. The van der Waals surface area contributed by atoms with Crippen molar-refractivity contribution in [2.45, 2.75) is 64.2 Å². The molecule has 2 aliphatic heterocycles. The molecule has 0 atom stereocenters. The molecule has 0 bridgehead atoms. The zero-order valence-electron chi connectivity index (χ0n) is 32.1. The molecule has 0 saturated carbocycles. The predicted octanol–water partition coefficient (Wildman–Crippen LogP) is 11.4. The van der Waals surface area contributed by atoms with E-state index in [1.165, 1.54) is 0 Å². The molecule has 2 heterocycles. The molecule has 7 nitrogen and oxygen atoms in total. The first-order valence-electron chi connectivity index (χ1n) is 19.0. The van der Waals surface area contributed by atoms with Gasteiger partial charge in [0, 0.05) is 62.5 Å². The third-order valence-electron chi connectivity index (χ3n) is 11.2. The number of hydrogen-bond donors (Lipinski definition) is 2. The maximum atomic E-state index is 11.8. The van der Waals surface area contributed by atoms with Crippen LogP contribution in [0.1, 0.15) is 64.5 Å². The number of benzene rings is 4. The Morgan fingerprint density at radius 3 is 1.98 bits per heavy atom. The maximum Gasteiger partial charge on any atom is 0.309 e. The minimum atomic E-state index is -0.849. The Bertz CT molecular complexity index is 2320. The van der Waals surface area contributed by atoms with Crippen molar-refractivity contribution in [3.05, 3.63) is 165 Å². The smallest absolute Gasteiger partial charge is 0.309 e. The van der Waals surface area contributed by atoms with Crippen LogP contribution in [-0.2, 0) is 20.4 Å². The van der Waals surface area contributed by atoms with E-state index in [1.54, 1.807) is 0 Å². The zero-order chi connectivity index (χ0) is 39.8. The number of rotatable bonds is 12. The van der Waals surface area contributed by atoms with Gasteiger partial charge in [0.15, 0.2) is 12.3 Å². The van der Waals surface area contributed by atoms with Gasteiger partial charge in [0.25, 0.3) is 0 Å². The van der Waals surface area contributed by atoms with Crippen LogP contribution in [0.4, 0.5) is 22.7 Å². The van der Waals surface area contributed by atoms with Gasteiger partial charge in [-0.3, -0.25) is 9.59 Å². The van der Waals surface area contributed by atoms with Crippen LogP contribution in [0.3, 0.4) is 0 Å². The number of fused-ring (bicyclic) bond motifs is 2. The van der Waals surface area contributed by atoms with E-state index < -0.39 is 22.8 Å². The van der Waals surface area contributed by atoms with Gasteiger partial charge in [-0.1, -0.05) is 85.6 Å². The first-order valence-corrected chi connectivity index (χ1v) is 19.7. The second kappa shape index (κ2) is 15.6. The number of allylic oxidation sites excluding steroid dienone is 7. The molecule has 286 valence electrons. The topological polar surface area (TPSA) is 84.1 Å². The number of nitrogens with zero attached hydrogens (tertiary/aromatic N) is 3. The lowest BCUT2D eigenvalue weighted by Gasteiger charge is -2.29. The van der Waals surface area contributed by atoms with Crippen molar-refractivity contribution < 1.29 is 24.4 Å². The minimum absolute atomic E-state index is 0.00329. The fraction of sp³-hybridized carbons (Fsp3) is 0.255. The summed E-state index contributed by atoms with van der Waals surface area (Å²) in [5.74, 6) is -1.70. The Hall–Kier alpha value is -5.37. The lowest BCUT2D eigenvalue weighted by molar-refractivity contribution is -0.436. The summed E-state index contributed by atoms with van der Waals surface area (Å²) in [6, 6.07) is 32.4. The summed E-state index contributed by atoms with van der Waals surface area (Å²) >= 11 is 13.0. The second-order valence-corrected chi connectivity index (χ2v) is 16.4. The summed E-state index contributed by atoms with van der Waals surface area (Å²) in [5.41, 5.74) is 10.6. The number of carboxylic acids is 2. The third kappa shape index (κ3) is 7.46. The van der Waals surface area contributed by atoms with Crippen LogP contribution in [0.15, 0.2) is 144 Å². The summed E-state index contributed by atoms with van der Waals surface area (Å²) in [5, 5.41) is 20.7. The molecule has 1 aliphatic carbocycles. The maximum absolute atomic E-state index is 11.8. The number of anilines is 3. The minimum Gasteiger partial charge on any atom is -0.481 e. The van der Waals surface area contributed by atoms with Crippen molar-refractivity contribution in [1.82, 2.24) is 0 Å². The monoisotopic (exact) mass is 786 g/mol. The van der Waals surface area contributed by atoms with Crippen LogP contribution in [0, 0.1) is 0 Å². The van der Waals surface area contributed by atoms with E-state index in [0.29, 0.717) is 23.1 Å². The molecule has 56 heavy (non-hydrogen) atoms. The van der Waals surface area contributed by atoms with Gasteiger partial charge in [-0.25, -0.2) is 0 Å². The van der Waals surface area contributed by atoms with Crippen molar-refractivity contribution in [2.24, 2.45) is 0 Å². The van der Waals surface area contributed by atoms with Crippen LogP contribution >= 0.6 is 23.2 Å². The Morgan fingerprint density at radius 1 is 0.750 bits per heavy atom. The molecule has 0 spiro atoms. The number of carbonyl (C=O) groups is 2. The molecule has 4 aromatic carbocycles. The Labute approximate surface area is 338 Å². The van der Waals surface area contributed by atoms with Crippen LogP contribution in [0.2, 0.25) is 10.0 Å². The van der Waals surface area contributed by atoms with E-state index in [9.17, 15) is 19.8 Å². The largest absolute Gasteiger partial charge is 0.481 e. The number of para-hydroxylation sites is 2. The highest BCUT2D eigenvalue weighted by molar-refractivity contribution is 6.31. The molecule has 3 aliphatic rings. The molecule has 0 amide bonds. The summed E-state index contributed by atoms with van der Waals surface area (Å²) in [6.07, 6.45) is 10.3. The van der Waals surface area contributed by atoms with Gasteiger partial charge >= 0.3 is 11.9 Å². The van der Waals surface area contributed by atoms with Crippen molar-refractivity contribution >= 4 is 63.6 Å². The van der Waals surface area contributed by atoms with Crippen molar-refractivity contribution in [1.29, 1.82) is 0 Å². The summed E-state index contributed by atoms with van der Waals surface area (Å²) in [4.78, 5) is 28.1. The van der Waals surface area contributed by atoms with Gasteiger partial charge in [-0.05, 0) is 104 Å². The third-order valence-corrected chi connectivity index (χ3v) is 11.7. The lowest BCUT2D eigenvalue weighted by Crippen LogP contribution is -2.28. The van der Waals surface area contributed by atoms with Crippen LogP contribution in [0.5, 0.6) is 0 Å². The zero-order valence-corrected chi connectivity index (χ0v) is 33.6. The van der Waals surface area contributed by atoms with Crippen LogP contribution in [0.25, 0.3) is 0 Å². The number of halogens is 2. The van der Waals surface area contributed by atoms with Gasteiger partial charge in [0.2, 0.25) is 5.69 Å². The fourth-order valence-electron chi connectivity index (χ4n) is 8.44. The molecule has 7 rings (SSSR count). The highest BCUT2D eigenvalue weighted by Crippen LogP contribution is 2.49. The Kier molecular flexibility index (Phi) is 10.9. The van der Waals surface area contributed by atoms with E-state index in [1.807, 2.05) is 72.8 Å². The number of carboxylic acid groups (broad SMARTS) is 2. The lowest BCUT2D eigenvalue weighted by atomic mass is 9.81. The van der Waals surface area contributed by atoms with Crippen molar-refractivity contribution in [3.63, 3.8) is 0 Å². The number of hydrogen-bond acceptors (Lipinski definition) is 4. The molecule has 0 fully saturated rings. The van der Waals surface area contributed by atoms with Crippen LogP contribution < -0.4 is 9.80 Å². The quantitative estimate of drug-likeness (QED) is 0.139. The van der Waals surface area contributed by atoms with E-state index in [4.69, 9.17) is 23.2 Å². The van der Waals surface area contributed by atoms with Gasteiger partial charge in [0.05, 0.1) is 17.5 Å². The molecular formula is C47H46Cl2N3O4+. The van der Waals surface area contributed by atoms with Crippen molar-refractivity contribution in [2.75, 3.05) is 22.9 Å². The molecule has 2 N–H and O–H groups in total. The molecule has 9 heteroatoms. The van der Waals surface area contributed by atoms with Gasteiger partial charge in [-0.2, -0.15) is 4.58 Å².